The minimum atomic E-state index is -0.178. The van der Waals surface area contributed by atoms with E-state index in [1.165, 1.54) is 30.9 Å². The number of benzene rings is 1. The van der Waals surface area contributed by atoms with Gasteiger partial charge in [-0.1, -0.05) is 23.9 Å². The van der Waals surface area contributed by atoms with Crippen molar-refractivity contribution in [3.05, 3.63) is 52.4 Å². The monoisotopic (exact) mass is 246 g/mol. The molecular weight excluding hydrogens is 236 g/mol. The Bertz CT molecular complexity index is 590. The molecule has 0 unspecified atom stereocenters. The van der Waals surface area contributed by atoms with Crippen LogP contribution in [0.25, 0.3) is 0 Å². The van der Waals surface area contributed by atoms with E-state index in [0.717, 1.165) is 4.90 Å². The lowest BCUT2D eigenvalue weighted by Gasteiger charge is -2.01. The predicted octanol–water partition coefficient (Wildman–Crippen LogP) is 2.12. The molecule has 0 saturated carbocycles. The molecule has 0 aliphatic rings. The maximum Gasteiger partial charge on any atom is 0.251 e. The van der Waals surface area contributed by atoms with Crippen molar-refractivity contribution < 1.29 is 4.79 Å². The fraction of sp³-hybridized carbons (Fsp3) is 0.0833. The van der Waals surface area contributed by atoms with Crippen LogP contribution >= 0.6 is 11.8 Å². The van der Waals surface area contributed by atoms with E-state index in [1.807, 2.05) is 12.1 Å². The van der Waals surface area contributed by atoms with E-state index in [0.29, 0.717) is 10.7 Å². The molecule has 1 N–H and O–H groups in total. The highest BCUT2D eigenvalue weighted by atomic mass is 32.2. The minimum Gasteiger partial charge on any atom is -0.301 e. The summed E-state index contributed by atoms with van der Waals surface area (Å²) >= 11 is 1.34. The quantitative estimate of drug-likeness (QED) is 0.665. The number of aromatic nitrogens is 2. The van der Waals surface area contributed by atoms with Crippen molar-refractivity contribution in [2.75, 3.05) is 0 Å². The lowest BCUT2D eigenvalue weighted by molar-refractivity contribution is 0.101. The highest BCUT2D eigenvalue weighted by molar-refractivity contribution is 7.99. The third-order valence-electron chi connectivity index (χ3n) is 2.12. The van der Waals surface area contributed by atoms with Crippen molar-refractivity contribution >= 4 is 17.5 Å². The molecule has 0 aliphatic carbocycles. The summed E-state index contributed by atoms with van der Waals surface area (Å²) in [5.41, 5.74) is 0.492. The van der Waals surface area contributed by atoms with E-state index >= 15 is 0 Å². The molecule has 5 heteroatoms. The van der Waals surface area contributed by atoms with Crippen LogP contribution in [0, 0.1) is 0 Å². The zero-order chi connectivity index (χ0) is 12.3. The number of aromatic amines is 1. The molecule has 0 bridgehead atoms. The second kappa shape index (κ2) is 4.97. The van der Waals surface area contributed by atoms with E-state index < -0.39 is 0 Å². The third-order valence-corrected chi connectivity index (χ3v) is 3.03. The summed E-state index contributed by atoms with van der Waals surface area (Å²) in [6, 6.07) is 8.53. The molecular formula is C12H10N2O2S. The fourth-order valence-corrected chi connectivity index (χ4v) is 2.03. The van der Waals surface area contributed by atoms with Gasteiger partial charge < -0.3 is 4.98 Å². The first-order chi connectivity index (χ1) is 8.15. The van der Waals surface area contributed by atoms with Gasteiger partial charge in [-0.05, 0) is 19.1 Å². The second-order valence-corrected chi connectivity index (χ2v) is 4.48. The Morgan fingerprint density at radius 1 is 1.24 bits per heavy atom. The lowest BCUT2D eigenvalue weighted by atomic mass is 10.2. The SMILES string of the molecule is CC(=O)c1ccc(Sc2nccc(=O)[nH]2)cc1. The average Bonchev–Trinajstić information content (AvgIpc) is 2.29. The maximum absolute atomic E-state index is 11.1. The van der Waals surface area contributed by atoms with Crippen LogP contribution in [-0.2, 0) is 0 Å². The van der Waals surface area contributed by atoms with Gasteiger partial charge in [-0.3, -0.25) is 9.59 Å². The topological polar surface area (TPSA) is 62.8 Å². The van der Waals surface area contributed by atoms with Gasteiger partial charge in [0.25, 0.3) is 5.56 Å². The minimum absolute atomic E-state index is 0.0350. The largest absolute Gasteiger partial charge is 0.301 e. The number of H-pyrrole nitrogens is 1. The van der Waals surface area contributed by atoms with Gasteiger partial charge in [-0.25, -0.2) is 4.98 Å². The zero-order valence-corrected chi connectivity index (χ0v) is 9.95. The van der Waals surface area contributed by atoms with Crippen molar-refractivity contribution in [2.24, 2.45) is 0 Å². The van der Waals surface area contributed by atoms with Gasteiger partial charge >= 0.3 is 0 Å². The Kier molecular flexibility index (Phi) is 3.39. The van der Waals surface area contributed by atoms with Crippen LogP contribution in [0.3, 0.4) is 0 Å². The smallest absolute Gasteiger partial charge is 0.251 e. The van der Waals surface area contributed by atoms with E-state index in [1.54, 1.807) is 12.1 Å². The van der Waals surface area contributed by atoms with Crippen LogP contribution in [0.5, 0.6) is 0 Å². The Balaban J connectivity index is 2.19. The number of rotatable bonds is 3. The molecule has 1 aromatic carbocycles. The number of Topliss-reactive ketones (excluding diaryl/α,β-unsaturated/α-hetero) is 1. The molecule has 0 spiro atoms. The fourth-order valence-electron chi connectivity index (χ4n) is 1.27. The van der Waals surface area contributed by atoms with Crippen LogP contribution in [0.15, 0.2) is 51.4 Å². The summed E-state index contributed by atoms with van der Waals surface area (Å²) < 4.78 is 0. The van der Waals surface area contributed by atoms with Gasteiger partial charge in [0.05, 0.1) is 0 Å². The van der Waals surface area contributed by atoms with Crippen LogP contribution in [0.4, 0.5) is 0 Å². The normalized spacial score (nSPS) is 10.2. The van der Waals surface area contributed by atoms with E-state index in [9.17, 15) is 9.59 Å². The molecule has 0 aliphatic heterocycles. The first-order valence-electron chi connectivity index (χ1n) is 4.99. The summed E-state index contributed by atoms with van der Waals surface area (Å²) in [6.45, 7) is 1.53. The van der Waals surface area contributed by atoms with Crippen LogP contribution < -0.4 is 5.56 Å². The summed E-state index contributed by atoms with van der Waals surface area (Å²) in [5, 5.41) is 0.535. The lowest BCUT2D eigenvalue weighted by Crippen LogP contribution is -2.04. The van der Waals surface area contributed by atoms with Crippen molar-refractivity contribution in [3.8, 4) is 0 Å². The van der Waals surface area contributed by atoms with Gasteiger partial charge in [0.15, 0.2) is 10.9 Å². The Morgan fingerprint density at radius 2 is 1.94 bits per heavy atom. The number of carbonyl (C=O) groups excluding carboxylic acids is 1. The second-order valence-electron chi connectivity index (χ2n) is 3.42. The highest BCUT2D eigenvalue weighted by Crippen LogP contribution is 2.23. The van der Waals surface area contributed by atoms with E-state index in [4.69, 9.17) is 0 Å². The van der Waals surface area contributed by atoms with Crippen molar-refractivity contribution in [2.45, 2.75) is 17.0 Å². The molecule has 0 fully saturated rings. The molecule has 0 radical (unpaired) electrons. The summed E-state index contributed by atoms with van der Waals surface area (Å²) in [5.74, 6) is 0.0350. The Labute approximate surface area is 102 Å². The average molecular weight is 246 g/mol. The first-order valence-corrected chi connectivity index (χ1v) is 5.81. The van der Waals surface area contributed by atoms with Crippen LogP contribution in [-0.4, -0.2) is 15.8 Å². The molecule has 2 aromatic rings. The number of carbonyl (C=O) groups is 1. The predicted molar refractivity (Wildman–Crippen MR) is 65.4 cm³/mol. The highest BCUT2D eigenvalue weighted by Gasteiger charge is 2.02. The molecule has 4 nitrogen and oxygen atoms in total. The van der Waals surface area contributed by atoms with Gasteiger partial charge in [-0.2, -0.15) is 0 Å². The van der Waals surface area contributed by atoms with Crippen LogP contribution in [0.2, 0.25) is 0 Å². The van der Waals surface area contributed by atoms with E-state index in [-0.39, 0.29) is 11.3 Å². The van der Waals surface area contributed by atoms with Crippen molar-refractivity contribution in [1.29, 1.82) is 0 Å². The Hall–Kier alpha value is -1.88. The van der Waals surface area contributed by atoms with E-state index in [2.05, 4.69) is 9.97 Å². The molecule has 86 valence electrons. The number of hydrogen-bond acceptors (Lipinski definition) is 4. The Morgan fingerprint density at radius 3 is 2.53 bits per heavy atom. The number of hydrogen-bond donors (Lipinski definition) is 1. The summed E-state index contributed by atoms with van der Waals surface area (Å²) in [4.78, 5) is 29.7. The van der Waals surface area contributed by atoms with Gasteiger partial charge in [0, 0.05) is 22.7 Å². The number of nitrogens with zero attached hydrogens (tertiary/aromatic N) is 1. The molecule has 0 saturated heterocycles. The molecule has 17 heavy (non-hydrogen) atoms. The standard InChI is InChI=1S/C12H10N2O2S/c1-8(15)9-2-4-10(5-3-9)17-12-13-7-6-11(16)14-12/h2-7H,1H3,(H,13,14,16). The van der Waals surface area contributed by atoms with Crippen molar-refractivity contribution in [3.63, 3.8) is 0 Å². The third kappa shape index (κ3) is 3.04. The van der Waals surface area contributed by atoms with Gasteiger partial charge in [0.1, 0.15) is 0 Å². The number of ketones is 1. The summed E-state index contributed by atoms with van der Waals surface area (Å²) in [6.07, 6.45) is 1.46. The maximum atomic E-state index is 11.1. The molecule has 1 aromatic heterocycles. The van der Waals surface area contributed by atoms with Crippen LogP contribution in [0.1, 0.15) is 17.3 Å². The molecule has 0 amide bonds. The van der Waals surface area contributed by atoms with Gasteiger partial charge in [-0.15, -0.1) is 0 Å². The zero-order valence-electron chi connectivity index (χ0n) is 9.14. The first kappa shape index (κ1) is 11.6. The summed E-state index contributed by atoms with van der Waals surface area (Å²) in [7, 11) is 0. The molecule has 1 heterocycles. The molecule has 0 atom stereocenters. The van der Waals surface area contributed by atoms with Gasteiger partial charge in [0.2, 0.25) is 0 Å². The van der Waals surface area contributed by atoms with Crippen molar-refractivity contribution in [1.82, 2.24) is 9.97 Å². The number of nitrogens with one attached hydrogen (secondary N) is 1. The molecule has 2 rings (SSSR count).